The van der Waals surface area contributed by atoms with Crippen LogP contribution in [0.1, 0.15) is 52.0 Å². The molecule has 0 saturated carbocycles. The number of carbonyl (C=O) groups excluding carboxylic acids is 2. The maximum atomic E-state index is 13.2. The molecule has 0 unspecified atom stereocenters. The summed E-state index contributed by atoms with van der Waals surface area (Å²) in [6, 6.07) is 17.0. The third kappa shape index (κ3) is 8.79. The lowest BCUT2D eigenvalue weighted by atomic mass is 10.1. The Morgan fingerprint density at radius 1 is 0.970 bits per heavy atom. The standard InChI is InChI=1S/C27H38N2O4/c1-5-21(3)28-27(31)25(6-2)29(19-18-22-11-8-7-9-12-22)26(30)13-10-20-33-24-16-14-23(32-4)15-17-24/h7-9,11-12,14-17,21,25H,5-6,10,13,18-20H2,1-4H3,(H,28,31)/t21-,25-/m0/s1. The number of methoxy groups -OCH3 is 1. The number of benzene rings is 2. The van der Waals surface area contributed by atoms with Gasteiger partial charge in [0.15, 0.2) is 0 Å². The number of hydrogen-bond acceptors (Lipinski definition) is 4. The van der Waals surface area contributed by atoms with Crippen molar-refractivity contribution in [3.8, 4) is 11.5 Å². The van der Waals surface area contributed by atoms with Crippen molar-refractivity contribution in [1.82, 2.24) is 10.2 Å². The van der Waals surface area contributed by atoms with Crippen LogP contribution in [0.15, 0.2) is 54.6 Å². The Labute approximate surface area is 198 Å². The summed E-state index contributed by atoms with van der Waals surface area (Å²) in [5.41, 5.74) is 1.15. The van der Waals surface area contributed by atoms with E-state index in [2.05, 4.69) is 5.32 Å². The van der Waals surface area contributed by atoms with Crippen LogP contribution in [0.3, 0.4) is 0 Å². The van der Waals surface area contributed by atoms with E-state index in [-0.39, 0.29) is 17.9 Å². The number of amides is 2. The van der Waals surface area contributed by atoms with Gasteiger partial charge in [0.25, 0.3) is 0 Å². The molecular formula is C27H38N2O4. The van der Waals surface area contributed by atoms with Crippen molar-refractivity contribution in [2.24, 2.45) is 0 Å². The molecule has 2 amide bonds. The summed E-state index contributed by atoms with van der Waals surface area (Å²) >= 11 is 0. The number of carbonyl (C=O) groups is 2. The second-order valence-electron chi connectivity index (χ2n) is 8.19. The van der Waals surface area contributed by atoms with Gasteiger partial charge in [-0.05, 0) is 62.4 Å². The number of nitrogens with zero attached hydrogens (tertiary/aromatic N) is 1. The summed E-state index contributed by atoms with van der Waals surface area (Å²) in [6.45, 7) is 6.91. The van der Waals surface area contributed by atoms with Crippen LogP contribution in [0.2, 0.25) is 0 Å². The van der Waals surface area contributed by atoms with E-state index in [9.17, 15) is 9.59 Å². The van der Waals surface area contributed by atoms with Crippen molar-refractivity contribution in [1.29, 1.82) is 0 Å². The van der Waals surface area contributed by atoms with E-state index in [0.29, 0.717) is 38.8 Å². The molecule has 0 fully saturated rings. The van der Waals surface area contributed by atoms with Gasteiger partial charge in [-0.2, -0.15) is 0 Å². The fraction of sp³-hybridized carbons (Fsp3) is 0.481. The first-order chi connectivity index (χ1) is 16.0. The molecule has 2 atom stereocenters. The maximum absolute atomic E-state index is 13.2. The Balaban J connectivity index is 1.98. The Bertz CT molecular complexity index is 839. The molecule has 33 heavy (non-hydrogen) atoms. The van der Waals surface area contributed by atoms with Crippen molar-refractivity contribution in [3.63, 3.8) is 0 Å². The Morgan fingerprint density at radius 2 is 1.64 bits per heavy atom. The topological polar surface area (TPSA) is 67.9 Å². The minimum absolute atomic E-state index is 0.0181. The summed E-state index contributed by atoms with van der Waals surface area (Å²) in [4.78, 5) is 27.9. The molecule has 0 spiro atoms. The highest BCUT2D eigenvalue weighted by atomic mass is 16.5. The van der Waals surface area contributed by atoms with Crippen LogP contribution >= 0.6 is 0 Å². The number of hydrogen-bond donors (Lipinski definition) is 1. The van der Waals surface area contributed by atoms with Gasteiger partial charge in [-0.15, -0.1) is 0 Å². The van der Waals surface area contributed by atoms with Gasteiger partial charge < -0.3 is 19.7 Å². The second kappa shape index (κ2) is 14.2. The fourth-order valence-electron chi connectivity index (χ4n) is 3.57. The molecule has 2 aromatic carbocycles. The SMILES string of the molecule is CC[C@H](C)NC(=O)[C@H](CC)N(CCc1ccccc1)C(=O)CCCOc1ccc(OC)cc1. The van der Waals surface area contributed by atoms with Crippen molar-refractivity contribution < 1.29 is 19.1 Å². The third-order valence-corrected chi connectivity index (χ3v) is 5.73. The van der Waals surface area contributed by atoms with Gasteiger partial charge in [0.2, 0.25) is 11.8 Å². The summed E-state index contributed by atoms with van der Waals surface area (Å²) in [7, 11) is 1.62. The van der Waals surface area contributed by atoms with Crippen LogP contribution in [0.25, 0.3) is 0 Å². The van der Waals surface area contributed by atoms with Gasteiger partial charge in [0.05, 0.1) is 13.7 Å². The second-order valence-corrected chi connectivity index (χ2v) is 8.19. The molecule has 2 rings (SSSR count). The monoisotopic (exact) mass is 454 g/mol. The average molecular weight is 455 g/mol. The lowest BCUT2D eigenvalue weighted by molar-refractivity contribution is -0.141. The Kier molecular flexibility index (Phi) is 11.3. The van der Waals surface area contributed by atoms with Crippen LogP contribution in [0.5, 0.6) is 11.5 Å². The van der Waals surface area contributed by atoms with Crippen molar-refractivity contribution in [3.05, 3.63) is 60.2 Å². The molecule has 0 saturated heterocycles. The molecule has 0 aliphatic carbocycles. The molecule has 1 N–H and O–H groups in total. The number of nitrogens with one attached hydrogen (secondary N) is 1. The first-order valence-electron chi connectivity index (χ1n) is 11.9. The van der Waals surface area contributed by atoms with E-state index in [1.807, 2.05) is 75.4 Å². The molecule has 0 aromatic heterocycles. The van der Waals surface area contributed by atoms with E-state index < -0.39 is 6.04 Å². The van der Waals surface area contributed by atoms with E-state index in [4.69, 9.17) is 9.47 Å². The molecule has 6 nitrogen and oxygen atoms in total. The summed E-state index contributed by atoms with van der Waals surface area (Å²) in [6.07, 6.45) is 3.05. The molecule has 0 aliphatic rings. The molecule has 180 valence electrons. The van der Waals surface area contributed by atoms with E-state index in [0.717, 1.165) is 23.5 Å². The van der Waals surface area contributed by atoms with E-state index in [1.165, 1.54) is 0 Å². The Morgan fingerprint density at radius 3 is 2.24 bits per heavy atom. The zero-order chi connectivity index (χ0) is 24.1. The highest BCUT2D eigenvalue weighted by Gasteiger charge is 2.28. The minimum Gasteiger partial charge on any atom is -0.497 e. The normalized spacial score (nSPS) is 12.5. The highest BCUT2D eigenvalue weighted by Crippen LogP contribution is 2.18. The predicted octanol–water partition coefficient (Wildman–Crippen LogP) is 4.62. The van der Waals surface area contributed by atoms with Gasteiger partial charge >= 0.3 is 0 Å². The minimum atomic E-state index is -0.474. The van der Waals surface area contributed by atoms with Crippen molar-refractivity contribution in [2.45, 2.75) is 65.0 Å². The van der Waals surface area contributed by atoms with E-state index in [1.54, 1.807) is 12.0 Å². The number of rotatable bonds is 14. The first kappa shape index (κ1) is 26.2. The Hall–Kier alpha value is -3.02. The van der Waals surface area contributed by atoms with Crippen LogP contribution in [0, 0.1) is 0 Å². The summed E-state index contributed by atoms with van der Waals surface area (Å²) in [5, 5.41) is 3.04. The fourth-order valence-corrected chi connectivity index (χ4v) is 3.57. The lowest BCUT2D eigenvalue weighted by Gasteiger charge is -2.31. The van der Waals surface area contributed by atoms with Crippen molar-refractivity contribution in [2.75, 3.05) is 20.3 Å². The maximum Gasteiger partial charge on any atom is 0.243 e. The van der Waals surface area contributed by atoms with Gasteiger partial charge in [-0.25, -0.2) is 0 Å². The molecule has 0 aliphatic heterocycles. The summed E-state index contributed by atoms with van der Waals surface area (Å²) in [5.74, 6) is 1.41. The predicted molar refractivity (Wildman–Crippen MR) is 132 cm³/mol. The average Bonchev–Trinajstić information content (AvgIpc) is 2.85. The van der Waals surface area contributed by atoms with Gasteiger partial charge in [0.1, 0.15) is 17.5 Å². The van der Waals surface area contributed by atoms with Crippen LogP contribution in [0.4, 0.5) is 0 Å². The number of ether oxygens (including phenoxy) is 2. The quantitative estimate of drug-likeness (QED) is 0.423. The van der Waals surface area contributed by atoms with E-state index >= 15 is 0 Å². The first-order valence-corrected chi connectivity index (χ1v) is 11.9. The summed E-state index contributed by atoms with van der Waals surface area (Å²) < 4.78 is 10.9. The molecule has 2 aromatic rings. The van der Waals surface area contributed by atoms with Crippen LogP contribution < -0.4 is 14.8 Å². The van der Waals surface area contributed by atoms with Gasteiger partial charge in [0, 0.05) is 19.0 Å². The van der Waals surface area contributed by atoms with Crippen LogP contribution in [-0.4, -0.2) is 49.1 Å². The highest BCUT2D eigenvalue weighted by molar-refractivity contribution is 5.87. The molecule has 0 radical (unpaired) electrons. The molecule has 0 heterocycles. The lowest BCUT2D eigenvalue weighted by Crippen LogP contribution is -2.51. The molecule has 0 bridgehead atoms. The molecular weight excluding hydrogens is 416 g/mol. The van der Waals surface area contributed by atoms with Crippen molar-refractivity contribution >= 4 is 11.8 Å². The third-order valence-electron chi connectivity index (χ3n) is 5.73. The zero-order valence-corrected chi connectivity index (χ0v) is 20.4. The van der Waals surface area contributed by atoms with Gasteiger partial charge in [-0.1, -0.05) is 44.2 Å². The van der Waals surface area contributed by atoms with Gasteiger partial charge in [-0.3, -0.25) is 9.59 Å². The van der Waals surface area contributed by atoms with Crippen LogP contribution in [-0.2, 0) is 16.0 Å². The smallest absolute Gasteiger partial charge is 0.243 e. The molecule has 6 heteroatoms. The largest absolute Gasteiger partial charge is 0.497 e. The zero-order valence-electron chi connectivity index (χ0n) is 20.4.